The number of nitrogens with zero attached hydrogens (tertiary/aromatic N) is 6. The summed E-state index contributed by atoms with van der Waals surface area (Å²) in [5.41, 5.74) is -0.105. The fraction of sp³-hybridized carbons (Fsp3) is 0.118. The Morgan fingerprint density at radius 3 is 2.48 bits per heavy atom. The number of rotatable bonds is 4. The van der Waals surface area contributed by atoms with Crippen LogP contribution in [0.4, 0.5) is 29.3 Å². The molecule has 9 nitrogen and oxygen atoms in total. The van der Waals surface area contributed by atoms with Crippen LogP contribution >= 0.6 is 23.2 Å². The van der Waals surface area contributed by atoms with Gasteiger partial charge in [-0.2, -0.15) is 28.5 Å². The van der Waals surface area contributed by atoms with Gasteiger partial charge in [0.25, 0.3) is 0 Å². The van der Waals surface area contributed by atoms with Crippen LogP contribution in [-0.2, 0) is 6.42 Å². The summed E-state index contributed by atoms with van der Waals surface area (Å²) in [5, 5.41) is 16.8. The van der Waals surface area contributed by atoms with Gasteiger partial charge in [0.05, 0.1) is 58.1 Å². The normalized spacial score (nSPS) is 11.6. The second kappa shape index (κ2) is 8.04. The summed E-state index contributed by atoms with van der Waals surface area (Å²) >= 11 is 12.2. The molecule has 0 atom stereocenters. The maximum absolute atomic E-state index is 13.1. The molecule has 4 aromatic rings. The van der Waals surface area contributed by atoms with Crippen LogP contribution < -0.4 is 10.6 Å². The summed E-state index contributed by atoms with van der Waals surface area (Å²) in [5.74, 6) is 0.239. The van der Waals surface area contributed by atoms with E-state index in [9.17, 15) is 18.0 Å². The zero-order chi connectivity index (χ0) is 22.2. The lowest BCUT2D eigenvalue weighted by Crippen LogP contribution is -2.22. The summed E-state index contributed by atoms with van der Waals surface area (Å²) in [7, 11) is 0. The van der Waals surface area contributed by atoms with Gasteiger partial charge in [0.1, 0.15) is 0 Å². The standard InChI is InChI=1S/C17H11Cl2F3N8O/c18-11-1-4-29-14(11)10(6-17(20,21)22)13(8-26-29)28-16(31)27-9-5-12(19)15(23-7-9)30-24-2-3-25-30/h1-5,7-8H,6H2,(H2,27,28,31). The Kier molecular flexibility index (Phi) is 5.41. The number of carbonyl (C=O) groups excluding carboxylic acids is 1. The Balaban J connectivity index is 1.58. The molecule has 0 aliphatic carbocycles. The van der Waals surface area contributed by atoms with Crippen LogP contribution in [0.1, 0.15) is 5.56 Å². The molecule has 0 spiro atoms. The Morgan fingerprint density at radius 1 is 1.06 bits per heavy atom. The quantitative estimate of drug-likeness (QED) is 0.461. The third-order valence-corrected chi connectivity index (χ3v) is 4.64. The molecule has 0 saturated carbocycles. The van der Waals surface area contributed by atoms with Crippen molar-refractivity contribution in [2.45, 2.75) is 12.6 Å². The average molecular weight is 471 g/mol. The van der Waals surface area contributed by atoms with E-state index in [0.29, 0.717) is 0 Å². The number of hydrogen-bond acceptors (Lipinski definition) is 5. The van der Waals surface area contributed by atoms with Gasteiger partial charge in [-0.05, 0) is 12.1 Å². The van der Waals surface area contributed by atoms with Gasteiger partial charge < -0.3 is 10.6 Å². The van der Waals surface area contributed by atoms with Crippen molar-refractivity contribution >= 4 is 46.1 Å². The SMILES string of the molecule is O=C(Nc1cnc(-n2nccn2)c(Cl)c1)Nc1cnn2ccc(Cl)c2c1CC(F)(F)F. The van der Waals surface area contributed by atoms with Crippen LogP contribution in [0.5, 0.6) is 0 Å². The number of urea groups is 1. The van der Waals surface area contributed by atoms with E-state index in [1.807, 2.05) is 0 Å². The van der Waals surface area contributed by atoms with E-state index >= 15 is 0 Å². The van der Waals surface area contributed by atoms with Crippen LogP contribution in [0.2, 0.25) is 10.0 Å². The van der Waals surface area contributed by atoms with Crippen LogP contribution in [0.15, 0.2) is 43.1 Å². The van der Waals surface area contributed by atoms with Crippen molar-refractivity contribution in [2.24, 2.45) is 0 Å². The summed E-state index contributed by atoms with van der Waals surface area (Å²) in [4.78, 5) is 17.7. The third-order valence-electron chi connectivity index (χ3n) is 4.05. The minimum Gasteiger partial charge on any atom is -0.306 e. The summed E-state index contributed by atoms with van der Waals surface area (Å²) in [6, 6.07) is 1.99. The van der Waals surface area contributed by atoms with Gasteiger partial charge in [-0.25, -0.2) is 14.3 Å². The predicted octanol–water partition coefficient (Wildman–Crippen LogP) is 4.37. The lowest BCUT2D eigenvalue weighted by atomic mass is 10.1. The maximum atomic E-state index is 13.1. The highest BCUT2D eigenvalue weighted by Crippen LogP contribution is 2.32. The number of hydrogen-bond donors (Lipinski definition) is 2. The first-order chi connectivity index (χ1) is 14.7. The van der Waals surface area contributed by atoms with E-state index in [4.69, 9.17) is 23.2 Å². The van der Waals surface area contributed by atoms with Gasteiger partial charge in [0.2, 0.25) is 0 Å². The second-order valence-corrected chi connectivity index (χ2v) is 7.03. The molecule has 0 aromatic carbocycles. The molecule has 0 aliphatic heterocycles. The van der Waals surface area contributed by atoms with Crippen molar-refractivity contribution in [1.82, 2.24) is 29.6 Å². The van der Waals surface area contributed by atoms with Crippen LogP contribution in [0.3, 0.4) is 0 Å². The number of aromatic nitrogens is 6. The number of anilines is 2. The van der Waals surface area contributed by atoms with Crippen molar-refractivity contribution < 1.29 is 18.0 Å². The lowest BCUT2D eigenvalue weighted by molar-refractivity contribution is -0.126. The van der Waals surface area contributed by atoms with Gasteiger partial charge in [-0.3, -0.25) is 0 Å². The molecule has 0 bridgehead atoms. The van der Waals surface area contributed by atoms with E-state index < -0.39 is 18.6 Å². The van der Waals surface area contributed by atoms with E-state index in [1.165, 1.54) is 46.2 Å². The highest BCUT2D eigenvalue weighted by molar-refractivity contribution is 6.34. The van der Waals surface area contributed by atoms with Crippen LogP contribution in [0, 0.1) is 0 Å². The first-order valence-corrected chi connectivity index (χ1v) is 9.28. The van der Waals surface area contributed by atoms with Crippen LogP contribution in [-0.4, -0.2) is 41.8 Å². The maximum Gasteiger partial charge on any atom is 0.393 e. The number of nitrogens with one attached hydrogen (secondary N) is 2. The number of amides is 2. The fourth-order valence-electron chi connectivity index (χ4n) is 2.85. The third kappa shape index (κ3) is 4.54. The smallest absolute Gasteiger partial charge is 0.306 e. The number of alkyl halides is 3. The number of fused-ring (bicyclic) bond motifs is 1. The van der Waals surface area contributed by atoms with Crippen molar-refractivity contribution in [2.75, 3.05) is 10.6 Å². The summed E-state index contributed by atoms with van der Waals surface area (Å²) < 4.78 is 40.6. The fourth-order valence-corrected chi connectivity index (χ4v) is 3.35. The van der Waals surface area contributed by atoms with Crippen molar-refractivity contribution in [1.29, 1.82) is 0 Å². The van der Waals surface area contributed by atoms with Crippen molar-refractivity contribution in [3.8, 4) is 5.82 Å². The lowest BCUT2D eigenvalue weighted by Gasteiger charge is -2.15. The largest absolute Gasteiger partial charge is 0.393 e. The highest BCUT2D eigenvalue weighted by atomic mass is 35.5. The molecule has 4 heterocycles. The molecule has 0 fully saturated rings. The zero-order valence-electron chi connectivity index (χ0n) is 15.2. The molecule has 31 heavy (non-hydrogen) atoms. The molecule has 0 radical (unpaired) electrons. The number of carbonyl (C=O) groups is 1. The molecule has 0 aliphatic rings. The van der Waals surface area contributed by atoms with Crippen molar-refractivity contribution in [3.05, 3.63) is 58.7 Å². The van der Waals surface area contributed by atoms with Gasteiger partial charge in [0, 0.05) is 11.8 Å². The highest BCUT2D eigenvalue weighted by Gasteiger charge is 2.31. The molecule has 14 heteroatoms. The Morgan fingerprint density at radius 2 is 1.81 bits per heavy atom. The van der Waals surface area contributed by atoms with Gasteiger partial charge in [0.15, 0.2) is 5.82 Å². The molecule has 4 rings (SSSR count). The Hall–Kier alpha value is -3.38. The molecular formula is C17H11Cl2F3N8O. The van der Waals surface area contributed by atoms with Gasteiger partial charge in [-0.1, -0.05) is 23.2 Å². The van der Waals surface area contributed by atoms with Gasteiger partial charge >= 0.3 is 12.2 Å². The topological polar surface area (TPSA) is 102 Å². The first kappa shape index (κ1) is 20.9. The van der Waals surface area contributed by atoms with E-state index in [-0.39, 0.29) is 38.3 Å². The molecule has 0 unspecified atom stereocenters. The Labute approximate surface area is 181 Å². The monoisotopic (exact) mass is 470 g/mol. The van der Waals surface area contributed by atoms with Crippen molar-refractivity contribution in [3.63, 3.8) is 0 Å². The van der Waals surface area contributed by atoms with Crippen LogP contribution in [0.25, 0.3) is 11.3 Å². The summed E-state index contributed by atoms with van der Waals surface area (Å²) in [6.07, 6.45) is 0.878. The second-order valence-electron chi connectivity index (χ2n) is 6.21. The summed E-state index contributed by atoms with van der Waals surface area (Å²) in [6.45, 7) is 0. The zero-order valence-corrected chi connectivity index (χ0v) is 16.7. The molecule has 2 N–H and O–H groups in total. The molecule has 4 aromatic heterocycles. The van der Waals surface area contributed by atoms with E-state index in [0.717, 1.165) is 6.20 Å². The molecular weight excluding hydrogens is 460 g/mol. The molecule has 2 amide bonds. The first-order valence-electron chi connectivity index (χ1n) is 8.53. The predicted molar refractivity (Wildman–Crippen MR) is 107 cm³/mol. The molecule has 160 valence electrons. The number of pyridine rings is 1. The molecule has 0 saturated heterocycles. The van der Waals surface area contributed by atoms with E-state index in [1.54, 1.807) is 0 Å². The Bertz CT molecular complexity index is 1260. The van der Waals surface area contributed by atoms with E-state index in [2.05, 4.69) is 30.9 Å². The average Bonchev–Trinajstić information content (AvgIpc) is 3.33. The minimum absolute atomic E-state index is 0.0533. The number of halogens is 5. The minimum atomic E-state index is -4.53. The van der Waals surface area contributed by atoms with Gasteiger partial charge in [-0.15, -0.1) is 4.80 Å².